The Morgan fingerprint density at radius 2 is 1.66 bits per heavy atom. The summed E-state index contributed by atoms with van der Waals surface area (Å²) in [5.74, 6) is 3.34. The van der Waals surface area contributed by atoms with E-state index in [1.807, 2.05) is 12.1 Å². The molecule has 2 aliphatic rings. The van der Waals surface area contributed by atoms with Crippen molar-refractivity contribution in [2.45, 2.75) is 51.0 Å². The van der Waals surface area contributed by atoms with Crippen LogP contribution in [0.25, 0.3) is 0 Å². The minimum Gasteiger partial charge on any atom is -0.493 e. The lowest BCUT2D eigenvalue weighted by Gasteiger charge is -2.37. The predicted octanol–water partition coefficient (Wildman–Crippen LogP) is 5.49. The standard InChI is InChI=1S/C34H42N2O5/c1-5-16-41-33-20-28-25(19-32(33)40-4)14-15-36(29(28)17-23-10-13-30(38-2)31(18-23)39-3)22-34(37)35-21-26-12-11-24-8-6-7-9-27(24)26/h6-10,13,18-20,26,29H,5,11-12,14-17,21-22H2,1-4H3,(H,35,37). The van der Waals surface area contributed by atoms with Crippen LogP contribution < -0.4 is 24.3 Å². The quantitative estimate of drug-likeness (QED) is 0.317. The van der Waals surface area contributed by atoms with Crippen molar-refractivity contribution in [1.82, 2.24) is 10.2 Å². The van der Waals surface area contributed by atoms with E-state index >= 15 is 0 Å². The second-order valence-electron chi connectivity index (χ2n) is 10.9. The summed E-state index contributed by atoms with van der Waals surface area (Å²) in [5.41, 5.74) is 6.30. The van der Waals surface area contributed by atoms with Crippen LogP contribution in [0.2, 0.25) is 0 Å². The molecule has 0 radical (unpaired) electrons. The summed E-state index contributed by atoms with van der Waals surface area (Å²) in [6.45, 7) is 4.50. The molecule has 3 aromatic rings. The van der Waals surface area contributed by atoms with Crippen molar-refractivity contribution in [3.05, 3.63) is 82.4 Å². The third-order valence-corrected chi connectivity index (χ3v) is 8.38. The van der Waals surface area contributed by atoms with Gasteiger partial charge in [0, 0.05) is 25.0 Å². The number of fused-ring (bicyclic) bond motifs is 2. The van der Waals surface area contributed by atoms with Crippen molar-refractivity contribution in [2.24, 2.45) is 0 Å². The van der Waals surface area contributed by atoms with Crippen molar-refractivity contribution in [3.8, 4) is 23.0 Å². The maximum atomic E-state index is 13.3. The number of hydrogen-bond donors (Lipinski definition) is 1. The van der Waals surface area contributed by atoms with E-state index in [0.29, 0.717) is 37.1 Å². The Bertz CT molecular complexity index is 1360. The largest absolute Gasteiger partial charge is 0.493 e. The van der Waals surface area contributed by atoms with Crippen LogP contribution in [-0.4, -0.2) is 58.4 Å². The molecule has 0 spiro atoms. The first kappa shape index (κ1) is 28.8. The van der Waals surface area contributed by atoms with Crippen molar-refractivity contribution >= 4 is 5.91 Å². The Hall–Kier alpha value is -3.71. The average Bonchev–Trinajstić information content (AvgIpc) is 3.42. The molecule has 1 aliphatic carbocycles. The molecule has 2 atom stereocenters. The Morgan fingerprint density at radius 1 is 0.878 bits per heavy atom. The second kappa shape index (κ2) is 13.3. The fourth-order valence-corrected chi connectivity index (χ4v) is 6.24. The van der Waals surface area contributed by atoms with Crippen LogP contribution in [0.4, 0.5) is 0 Å². The van der Waals surface area contributed by atoms with Gasteiger partial charge in [-0.2, -0.15) is 0 Å². The van der Waals surface area contributed by atoms with Crippen molar-refractivity contribution < 1.29 is 23.7 Å². The van der Waals surface area contributed by atoms with Gasteiger partial charge in [-0.25, -0.2) is 0 Å². The van der Waals surface area contributed by atoms with E-state index in [9.17, 15) is 4.79 Å². The van der Waals surface area contributed by atoms with Gasteiger partial charge in [-0.15, -0.1) is 0 Å². The molecule has 41 heavy (non-hydrogen) atoms. The third-order valence-electron chi connectivity index (χ3n) is 8.38. The number of nitrogens with zero attached hydrogens (tertiary/aromatic N) is 1. The van der Waals surface area contributed by atoms with E-state index in [4.69, 9.17) is 18.9 Å². The third kappa shape index (κ3) is 6.46. The van der Waals surface area contributed by atoms with Gasteiger partial charge in [-0.05, 0) is 84.2 Å². The molecule has 0 aromatic heterocycles. The van der Waals surface area contributed by atoms with Crippen LogP contribution >= 0.6 is 0 Å². The topological polar surface area (TPSA) is 69.3 Å². The van der Waals surface area contributed by atoms with E-state index in [1.54, 1.807) is 21.3 Å². The fraction of sp³-hybridized carbons (Fsp3) is 0.441. The van der Waals surface area contributed by atoms with Gasteiger partial charge in [-0.1, -0.05) is 37.3 Å². The van der Waals surface area contributed by atoms with E-state index in [2.05, 4.69) is 59.6 Å². The number of rotatable bonds is 12. The van der Waals surface area contributed by atoms with Crippen LogP contribution in [0.3, 0.4) is 0 Å². The molecule has 1 heterocycles. The molecule has 3 aromatic carbocycles. The zero-order valence-corrected chi connectivity index (χ0v) is 24.7. The van der Waals surface area contributed by atoms with Gasteiger partial charge in [0.1, 0.15) is 0 Å². The van der Waals surface area contributed by atoms with E-state index < -0.39 is 0 Å². The van der Waals surface area contributed by atoms with E-state index in [-0.39, 0.29) is 11.9 Å². The monoisotopic (exact) mass is 558 g/mol. The second-order valence-corrected chi connectivity index (χ2v) is 10.9. The van der Waals surface area contributed by atoms with Gasteiger partial charge in [0.15, 0.2) is 23.0 Å². The molecule has 0 saturated heterocycles. The molecule has 2 unspecified atom stereocenters. The molecule has 1 aliphatic heterocycles. The lowest BCUT2D eigenvalue weighted by molar-refractivity contribution is -0.123. The highest BCUT2D eigenvalue weighted by molar-refractivity contribution is 5.78. The summed E-state index contributed by atoms with van der Waals surface area (Å²) in [4.78, 5) is 15.6. The fourth-order valence-electron chi connectivity index (χ4n) is 6.24. The number of nitrogens with one attached hydrogen (secondary N) is 1. The molecule has 0 fully saturated rings. The van der Waals surface area contributed by atoms with E-state index in [0.717, 1.165) is 55.7 Å². The molecule has 1 N–H and O–H groups in total. The zero-order chi connectivity index (χ0) is 28.8. The predicted molar refractivity (Wildman–Crippen MR) is 161 cm³/mol. The van der Waals surface area contributed by atoms with Crippen LogP contribution in [0.5, 0.6) is 23.0 Å². The molecule has 7 nitrogen and oxygen atoms in total. The van der Waals surface area contributed by atoms with Crippen molar-refractivity contribution in [3.63, 3.8) is 0 Å². The van der Waals surface area contributed by atoms with Crippen LogP contribution in [0.15, 0.2) is 54.6 Å². The first-order valence-electron chi connectivity index (χ1n) is 14.7. The number of ether oxygens (including phenoxy) is 4. The highest BCUT2D eigenvalue weighted by Crippen LogP contribution is 2.40. The maximum absolute atomic E-state index is 13.3. The van der Waals surface area contributed by atoms with Gasteiger partial charge < -0.3 is 24.3 Å². The van der Waals surface area contributed by atoms with Gasteiger partial charge in [0.05, 0.1) is 34.5 Å². The van der Waals surface area contributed by atoms with Gasteiger partial charge >= 0.3 is 0 Å². The Labute approximate surface area is 243 Å². The number of methoxy groups -OCH3 is 3. The Balaban J connectivity index is 1.38. The number of benzene rings is 3. The summed E-state index contributed by atoms with van der Waals surface area (Å²) < 4.78 is 22.8. The summed E-state index contributed by atoms with van der Waals surface area (Å²) >= 11 is 0. The highest BCUT2D eigenvalue weighted by Gasteiger charge is 2.31. The first-order valence-corrected chi connectivity index (χ1v) is 14.7. The molecular formula is C34H42N2O5. The Kier molecular flexibility index (Phi) is 9.35. The first-order chi connectivity index (χ1) is 20.0. The Morgan fingerprint density at radius 3 is 2.44 bits per heavy atom. The molecule has 5 rings (SSSR count). The summed E-state index contributed by atoms with van der Waals surface area (Å²) in [6, 6.07) is 18.9. The lowest BCUT2D eigenvalue weighted by atomic mass is 9.88. The molecule has 1 amide bonds. The summed E-state index contributed by atoms with van der Waals surface area (Å²) in [5, 5.41) is 3.25. The molecule has 7 heteroatoms. The normalized spacial score (nSPS) is 17.9. The minimum absolute atomic E-state index is 0.00955. The zero-order valence-electron chi connectivity index (χ0n) is 24.7. The van der Waals surface area contributed by atoms with E-state index in [1.165, 1.54) is 22.3 Å². The lowest BCUT2D eigenvalue weighted by Crippen LogP contribution is -2.44. The number of carbonyl (C=O) groups excluding carboxylic acids is 1. The number of amides is 1. The molecule has 0 saturated carbocycles. The minimum atomic E-state index is -0.00955. The number of carbonyl (C=O) groups is 1. The SMILES string of the molecule is CCCOc1cc2c(cc1OC)CCN(CC(=O)NCC1CCc3ccccc31)C2Cc1ccc(OC)c(OC)c1. The highest BCUT2D eigenvalue weighted by atomic mass is 16.5. The number of hydrogen-bond acceptors (Lipinski definition) is 6. The molecule has 218 valence electrons. The molecule has 0 bridgehead atoms. The smallest absolute Gasteiger partial charge is 0.234 e. The van der Waals surface area contributed by atoms with Gasteiger partial charge in [0.2, 0.25) is 5.91 Å². The number of aryl methyl sites for hydroxylation is 1. The van der Waals surface area contributed by atoms with Crippen LogP contribution in [-0.2, 0) is 24.1 Å². The summed E-state index contributed by atoms with van der Waals surface area (Å²) in [7, 11) is 4.98. The van der Waals surface area contributed by atoms with Gasteiger partial charge in [-0.3, -0.25) is 9.69 Å². The average molecular weight is 559 g/mol. The molecular weight excluding hydrogens is 516 g/mol. The van der Waals surface area contributed by atoms with Crippen LogP contribution in [0.1, 0.15) is 59.5 Å². The summed E-state index contributed by atoms with van der Waals surface area (Å²) in [6.07, 6.45) is 4.63. The maximum Gasteiger partial charge on any atom is 0.234 e. The van der Waals surface area contributed by atoms with Gasteiger partial charge in [0.25, 0.3) is 0 Å². The van der Waals surface area contributed by atoms with Crippen LogP contribution in [0, 0.1) is 0 Å². The van der Waals surface area contributed by atoms with Crippen molar-refractivity contribution in [2.75, 3.05) is 47.6 Å². The van der Waals surface area contributed by atoms with Crippen molar-refractivity contribution in [1.29, 1.82) is 0 Å².